The molecule has 0 heterocycles. The van der Waals surface area contributed by atoms with Crippen molar-refractivity contribution in [1.82, 2.24) is 4.72 Å². The van der Waals surface area contributed by atoms with E-state index in [4.69, 9.17) is 27.8 Å². The Morgan fingerprint density at radius 3 is 2.48 bits per heavy atom. The molecule has 0 radical (unpaired) electrons. The van der Waals surface area contributed by atoms with E-state index in [9.17, 15) is 9.00 Å². The molecule has 1 unspecified atom stereocenters. The van der Waals surface area contributed by atoms with E-state index < -0.39 is 11.3 Å². The summed E-state index contributed by atoms with van der Waals surface area (Å²) in [5.41, 5.74) is 1.72. The molecule has 23 heavy (non-hydrogen) atoms. The summed E-state index contributed by atoms with van der Waals surface area (Å²) in [4.78, 5) is 12.5. The van der Waals surface area contributed by atoms with Crippen LogP contribution in [0.2, 0.25) is 10.0 Å². The number of carbonyl (C=O) groups is 1. The predicted octanol–water partition coefficient (Wildman–Crippen LogP) is 4.26. The maximum Gasteiger partial charge on any atom is 0.231 e. The highest BCUT2D eigenvalue weighted by Crippen LogP contribution is 2.28. The number of ketones is 1. The van der Waals surface area contributed by atoms with Gasteiger partial charge in [-0.05, 0) is 48.4 Å². The molecule has 0 aliphatic rings. The summed E-state index contributed by atoms with van der Waals surface area (Å²) in [7, 11) is 0. The van der Waals surface area contributed by atoms with E-state index >= 15 is 0 Å². The molecule has 0 saturated carbocycles. The zero-order chi connectivity index (χ0) is 17.0. The largest absolute Gasteiger partial charge is 0.294 e. The number of benzene rings is 2. The van der Waals surface area contributed by atoms with Crippen LogP contribution in [0.5, 0.6) is 0 Å². The fraction of sp³-hybridized carbons (Fsp3) is 0.133. The van der Waals surface area contributed by atoms with Crippen LogP contribution >= 0.6 is 39.1 Å². The molecule has 4 nitrogen and oxygen atoms in total. The fourth-order valence-electron chi connectivity index (χ4n) is 1.98. The van der Waals surface area contributed by atoms with Crippen molar-refractivity contribution in [3.05, 3.63) is 67.6 Å². The fourth-order valence-corrected chi connectivity index (χ4v) is 3.22. The Bertz CT molecular complexity index is 753. The van der Waals surface area contributed by atoms with E-state index in [-0.39, 0.29) is 5.78 Å². The molecular weight excluding hydrogens is 425 g/mol. The molecule has 2 aromatic carbocycles. The SMILES string of the molecule is O=C(c1ccc(Cl)cc1)c1cc(Cl)c(CCNS(=O)O)cc1Br. The summed E-state index contributed by atoms with van der Waals surface area (Å²) in [6, 6.07) is 9.94. The second-order valence-electron chi connectivity index (χ2n) is 4.65. The Balaban J connectivity index is 2.23. The average Bonchev–Trinajstić information content (AvgIpc) is 2.50. The second kappa shape index (κ2) is 8.37. The Kier molecular flexibility index (Phi) is 6.76. The summed E-state index contributed by atoms with van der Waals surface area (Å²) in [6.45, 7) is 0.291. The van der Waals surface area contributed by atoms with E-state index in [0.717, 1.165) is 5.56 Å². The lowest BCUT2D eigenvalue weighted by Crippen LogP contribution is -2.19. The second-order valence-corrected chi connectivity index (χ2v) is 7.14. The van der Waals surface area contributed by atoms with Gasteiger partial charge in [0.1, 0.15) is 0 Å². The molecule has 0 aliphatic carbocycles. The van der Waals surface area contributed by atoms with Gasteiger partial charge in [-0.25, -0.2) is 8.93 Å². The molecule has 0 spiro atoms. The number of carbonyl (C=O) groups excluding carboxylic acids is 1. The molecule has 0 aliphatic heterocycles. The van der Waals surface area contributed by atoms with Gasteiger partial charge < -0.3 is 0 Å². The number of hydrogen-bond donors (Lipinski definition) is 2. The number of nitrogens with one attached hydrogen (secondary N) is 1. The predicted molar refractivity (Wildman–Crippen MR) is 96.5 cm³/mol. The van der Waals surface area contributed by atoms with Crippen LogP contribution in [0.3, 0.4) is 0 Å². The summed E-state index contributed by atoms with van der Waals surface area (Å²) in [5.74, 6) is -0.170. The lowest BCUT2D eigenvalue weighted by Gasteiger charge is -2.10. The van der Waals surface area contributed by atoms with Crippen LogP contribution in [0.15, 0.2) is 40.9 Å². The molecule has 0 aromatic heterocycles. The summed E-state index contributed by atoms with van der Waals surface area (Å²) >= 11 is 13.4. The van der Waals surface area contributed by atoms with Gasteiger partial charge in [-0.15, -0.1) is 0 Å². The van der Waals surface area contributed by atoms with Gasteiger partial charge in [0.15, 0.2) is 5.78 Å². The molecular formula is C15H12BrCl2NO3S. The van der Waals surface area contributed by atoms with Gasteiger partial charge in [-0.3, -0.25) is 9.35 Å². The van der Waals surface area contributed by atoms with Crippen LogP contribution in [-0.4, -0.2) is 21.1 Å². The lowest BCUT2D eigenvalue weighted by atomic mass is 10.0. The van der Waals surface area contributed by atoms with Crippen molar-refractivity contribution >= 4 is 56.2 Å². The van der Waals surface area contributed by atoms with Crippen LogP contribution in [-0.2, 0) is 17.7 Å². The van der Waals surface area contributed by atoms with Gasteiger partial charge in [0.25, 0.3) is 0 Å². The normalized spacial score (nSPS) is 12.2. The number of halogens is 3. The Morgan fingerprint density at radius 1 is 1.22 bits per heavy atom. The minimum Gasteiger partial charge on any atom is -0.294 e. The zero-order valence-corrected chi connectivity index (χ0v) is 15.6. The molecule has 0 bridgehead atoms. The molecule has 8 heteroatoms. The van der Waals surface area contributed by atoms with Crippen LogP contribution in [0.4, 0.5) is 0 Å². The molecule has 2 aromatic rings. The molecule has 2 rings (SSSR count). The van der Waals surface area contributed by atoms with Crippen molar-refractivity contribution < 1.29 is 13.6 Å². The first kappa shape index (κ1) is 18.6. The summed E-state index contributed by atoms with van der Waals surface area (Å²) in [5, 5.41) is 0.985. The zero-order valence-electron chi connectivity index (χ0n) is 11.7. The maximum atomic E-state index is 12.5. The van der Waals surface area contributed by atoms with E-state index in [2.05, 4.69) is 20.7 Å². The smallest absolute Gasteiger partial charge is 0.231 e. The minimum absolute atomic E-state index is 0.170. The Labute approximate surface area is 154 Å². The van der Waals surface area contributed by atoms with Crippen molar-refractivity contribution in [3.8, 4) is 0 Å². The Morgan fingerprint density at radius 2 is 1.87 bits per heavy atom. The molecule has 122 valence electrons. The van der Waals surface area contributed by atoms with E-state index in [0.29, 0.717) is 38.6 Å². The monoisotopic (exact) mass is 435 g/mol. The average molecular weight is 437 g/mol. The standard InChI is InChI=1S/C15H12BrCl2NO3S/c16-13-7-10(5-6-19-23(21)22)14(18)8-12(13)15(20)9-1-3-11(17)4-2-9/h1-4,7-8,19H,5-6H2,(H,21,22). The molecule has 0 saturated heterocycles. The van der Waals surface area contributed by atoms with E-state index in [1.807, 2.05) is 0 Å². The third-order valence-electron chi connectivity index (χ3n) is 3.11. The first-order valence-corrected chi connectivity index (χ1v) is 9.16. The number of rotatable bonds is 6. The molecule has 0 amide bonds. The van der Waals surface area contributed by atoms with E-state index in [1.54, 1.807) is 36.4 Å². The van der Waals surface area contributed by atoms with Crippen molar-refractivity contribution in [3.63, 3.8) is 0 Å². The van der Waals surface area contributed by atoms with Gasteiger partial charge >= 0.3 is 0 Å². The first-order valence-electron chi connectivity index (χ1n) is 6.51. The molecule has 0 fully saturated rings. The quantitative estimate of drug-likeness (QED) is 0.525. The van der Waals surface area contributed by atoms with Crippen LogP contribution in [0, 0.1) is 0 Å². The third-order valence-corrected chi connectivity index (χ3v) is 4.82. The van der Waals surface area contributed by atoms with Crippen LogP contribution in [0.25, 0.3) is 0 Å². The van der Waals surface area contributed by atoms with Gasteiger partial charge in [0.2, 0.25) is 11.3 Å². The topological polar surface area (TPSA) is 66.4 Å². The highest BCUT2D eigenvalue weighted by molar-refractivity contribution is 9.10. The lowest BCUT2D eigenvalue weighted by molar-refractivity contribution is 0.103. The Hall–Kier alpha value is -0.760. The van der Waals surface area contributed by atoms with Crippen LogP contribution < -0.4 is 4.72 Å². The van der Waals surface area contributed by atoms with Crippen molar-refractivity contribution in [2.75, 3.05) is 6.54 Å². The highest BCUT2D eigenvalue weighted by Gasteiger charge is 2.15. The van der Waals surface area contributed by atoms with Crippen molar-refractivity contribution in [2.24, 2.45) is 0 Å². The van der Waals surface area contributed by atoms with Gasteiger partial charge in [0, 0.05) is 32.2 Å². The van der Waals surface area contributed by atoms with Crippen molar-refractivity contribution in [2.45, 2.75) is 6.42 Å². The van der Waals surface area contributed by atoms with Crippen molar-refractivity contribution in [1.29, 1.82) is 0 Å². The third kappa shape index (κ3) is 5.11. The summed E-state index contributed by atoms with van der Waals surface area (Å²) < 4.78 is 22.2. The van der Waals surface area contributed by atoms with Gasteiger partial charge in [-0.2, -0.15) is 0 Å². The molecule has 2 N–H and O–H groups in total. The van der Waals surface area contributed by atoms with Gasteiger partial charge in [0.05, 0.1) is 0 Å². The minimum atomic E-state index is -2.06. The first-order chi connectivity index (χ1) is 10.9. The number of hydrogen-bond acceptors (Lipinski definition) is 2. The maximum absolute atomic E-state index is 12.5. The molecule has 1 atom stereocenters. The highest BCUT2D eigenvalue weighted by atomic mass is 79.9. The van der Waals surface area contributed by atoms with Crippen LogP contribution in [0.1, 0.15) is 21.5 Å². The van der Waals surface area contributed by atoms with E-state index in [1.165, 1.54) is 0 Å². The summed E-state index contributed by atoms with van der Waals surface area (Å²) in [6.07, 6.45) is 0.457. The van der Waals surface area contributed by atoms with Gasteiger partial charge in [-0.1, -0.05) is 39.1 Å².